The summed E-state index contributed by atoms with van der Waals surface area (Å²) in [5, 5.41) is 10.8. The third kappa shape index (κ3) is 1.68. The smallest absolute Gasteiger partial charge is 0.104 e. The van der Waals surface area contributed by atoms with Gasteiger partial charge in [-0.1, -0.05) is 35.0 Å². The molecular formula is C15H22BrClO2. The lowest BCUT2D eigenvalue weighted by atomic mass is 9.52. The van der Waals surface area contributed by atoms with Crippen LogP contribution in [0.15, 0.2) is 12.2 Å². The van der Waals surface area contributed by atoms with Gasteiger partial charge in [-0.3, -0.25) is 0 Å². The van der Waals surface area contributed by atoms with Crippen LogP contribution >= 0.6 is 27.5 Å². The Balaban J connectivity index is 2.04. The lowest BCUT2D eigenvalue weighted by molar-refractivity contribution is -0.0487. The van der Waals surface area contributed by atoms with Crippen LogP contribution in [0.2, 0.25) is 0 Å². The maximum Gasteiger partial charge on any atom is 0.104 e. The number of rotatable bonds is 0. The van der Waals surface area contributed by atoms with Crippen LogP contribution in [0.5, 0.6) is 0 Å². The highest BCUT2D eigenvalue weighted by atomic mass is 79.9. The van der Waals surface area contributed by atoms with Crippen molar-refractivity contribution in [2.45, 2.75) is 67.5 Å². The summed E-state index contributed by atoms with van der Waals surface area (Å²) < 4.78 is 6.00. The number of ether oxygens (including phenoxy) is 1. The lowest BCUT2D eigenvalue weighted by Gasteiger charge is -2.54. The highest BCUT2D eigenvalue weighted by molar-refractivity contribution is 9.09. The minimum Gasteiger partial charge on any atom is -0.392 e. The molecule has 3 rings (SSSR count). The maximum atomic E-state index is 10.8. The Hall–Kier alpha value is 0.430. The predicted molar refractivity (Wildman–Crippen MR) is 80.8 cm³/mol. The Kier molecular flexibility index (Phi) is 3.02. The van der Waals surface area contributed by atoms with Crippen LogP contribution in [-0.4, -0.2) is 32.6 Å². The van der Waals surface area contributed by atoms with Gasteiger partial charge in [0.2, 0.25) is 0 Å². The van der Waals surface area contributed by atoms with E-state index in [2.05, 4.69) is 36.4 Å². The molecule has 2 saturated carbocycles. The van der Waals surface area contributed by atoms with Crippen molar-refractivity contribution >= 4 is 27.5 Å². The molecule has 2 nitrogen and oxygen atoms in total. The van der Waals surface area contributed by atoms with Gasteiger partial charge in [-0.25, -0.2) is 0 Å². The molecule has 108 valence electrons. The number of hydrogen-bond acceptors (Lipinski definition) is 2. The SMILES string of the molecule is C=C1[C@@H](C)C[C@H]2O[C@@]2(C)[C@]12C[C@H](Br)[C@@](C)(Cl)C[C@H]2O. The predicted octanol–water partition coefficient (Wildman–Crippen LogP) is 3.64. The molecule has 4 heteroatoms. The summed E-state index contributed by atoms with van der Waals surface area (Å²) in [6, 6.07) is 0. The van der Waals surface area contributed by atoms with E-state index in [9.17, 15) is 5.11 Å². The van der Waals surface area contributed by atoms with Crippen LogP contribution in [0.1, 0.15) is 40.0 Å². The molecule has 0 bridgehead atoms. The fourth-order valence-electron chi connectivity index (χ4n) is 4.34. The minimum absolute atomic E-state index is 0.161. The summed E-state index contributed by atoms with van der Waals surface area (Å²) in [4.78, 5) is -0.249. The summed E-state index contributed by atoms with van der Waals surface area (Å²) in [5.41, 5.74) is 0.542. The van der Waals surface area contributed by atoms with Crippen molar-refractivity contribution in [3.63, 3.8) is 0 Å². The van der Waals surface area contributed by atoms with E-state index in [0.29, 0.717) is 12.3 Å². The average molecular weight is 350 g/mol. The lowest BCUT2D eigenvalue weighted by Crippen LogP contribution is -2.60. The van der Waals surface area contributed by atoms with Crippen LogP contribution in [-0.2, 0) is 4.74 Å². The Morgan fingerprint density at radius 1 is 1.42 bits per heavy atom. The van der Waals surface area contributed by atoms with Crippen molar-refractivity contribution in [2.75, 3.05) is 0 Å². The number of fused-ring (bicyclic) bond motifs is 2. The quantitative estimate of drug-likeness (QED) is 0.411. The summed E-state index contributed by atoms with van der Waals surface area (Å²) in [6.07, 6.45) is 2.18. The van der Waals surface area contributed by atoms with Crippen LogP contribution < -0.4 is 0 Å². The van der Waals surface area contributed by atoms with Gasteiger partial charge >= 0.3 is 0 Å². The second kappa shape index (κ2) is 4.00. The number of alkyl halides is 2. The summed E-state index contributed by atoms with van der Waals surface area (Å²) in [5.74, 6) is 0.398. The Bertz CT molecular complexity index is 438. The van der Waals surface area contributed by atoms with Gasteiger partial charge in [0.25, 0.3) is 0 Å². The molecule has 0 amide bonds. The van der Waals surface area contributed by atoms with Crippen LogP contribution in [0.25, 0.3) is 0 Å². The third-order valence-corrected chi connectivity index (χ3v) is 7.90. The first-order valence-electron chi connectivity index (χ1n) is 7.03. The van der Waals surface area contributed by atoms with Gasteiger partial charge in [-0.05, 0) is 39.0 Å². The molecule has 2 aliphatic carbocycles. The second-order valence-corrected chi connectivity index (χ2v) is 8.99. The van der Waals surface area contributed by atoms with Gasteiger partial charge < -0.3 is 9.84 Å². The van der Waals surface area contributed by atoms with Crippen molar-refractivity contribution in [3.05, 3.63) is 12.2 Å². The van der Waals surface area contributed by atoms with Crippen LogP contribution in [0.3, 0.4) is 0 Å². The molecule has 1 aliphatic heterocycles. The Morgan fingerprint density at radius 3 is 2.68 bits per heavy atom. The van der Waals surface area contributed by atoms with Gasteiger partial charge in [0.15, 0.2) is 0 Å². The standard InChI is InChI=1S/C15H22BrClO2/c1-8-5-12-14(4,19-12)15(9(8)2)6-10(16)13(3,17)7-11(15)18/h8,10-12,18H,2,5-7H2,1,3-4H3/t8-,10-,11+,12+,13-,14+,15+/m0/s1. The molecule has 7 atom stereocenters. The van der Waals surface area contributed by atoms with E-state index in [1.807, 2.05) is 6.92 Å². The fourth-order valence-corrected chi connectivity index (χ4v) is 5.26. The second-order valence-electron chi connectivity index (χ2n) is 7.02. The molecule has 1 saturated heterocycles. The zero-order chi connectivity index (χ0) is 14.2. The molecule has 0 unspecified atom stereocenters. The first-order chi connectivity index (χ1) is 8.65. The van der Waals surface area contributed by atoms with E-state index in [1.54, 1.807) is 0 Å². The molecule has 0 radical (unpaired) electrons. The first-order valence-corrected chi connectivity index (χ1v) is 8.32. The van der Waals surface area contributed by atoms with E-state index in [1.165, 1.54) is 0 Å². The van der Waals surface area contributed by atoms with Crippen molar-refractivity contribution in [3.8, 4) is 0 Å². The summed E-state index contributed by atoms with van der Waals surface area (Å²) >= 11 is 10.3. The van der Waals surface area contributed by atoms with E-state index in [-0.39, 0.29) is 21.9 Å². The monoisotopic (exact) mass is 348 g/mol. The van der Waals surface area contributed by atoms with Crippen LogP contribution in [0, 0.1) is 11.3 Å². The van der Waals surface area contributed by atoms with E-state index >= 15 is 0 Å². The van der Waals surface area contributed by atoms with Crippen LogP contribution in [0.4, 0.5) is 0 Å². The van der Waals surface area contributed by atoms with Gasteiger partial charge in [0.05, 0.1) is 17.1 Å². The number of aliphatic hydroxyl groups excluding tert-OH is 1. The first kappa shape index (κ1) is 14.4. The number of halogens is 2. The van der Waals surface area contributed by atoms with Gasteiger partial charge in [0.1, 0.15) is 5.60 Å². The van der Waals surface area contributed by atoms with Gasteiger partial charge in [-0.2, -0.15) is 0 Å². The third-order valence-electron chi connectivity index (χ3n) is 5.88. The molecule has 1 heterocycles. The minimum atomic E-state index is -0.478. The van der Waals surface area contributed by atoms with Gasteiger partial charge in [-0.15, -0.1) is 11.6 Å². The van der Waals surface area contributed by atoms with E-state index < -0.39 is 11.0 Å². The van der Waals surface area contributed by atoms with E-state index in [0.717, 1.165) is 18.4 Å². The number of hydrogen-bond donors (Lipinski definition) is 1. The molecule has 0 aromatic rings. The topological polar surface area (TPSA) is 32.8 Å². The zero-order valence-corrected chi connectivity index (χ0v) is 14.1. The van der Waals surface area contributed by atoms with Crippen molar-refractivity contribution in [1.29, 1.82) is 0 Å². The molecule has 0 aromatic heterocycles. The molecule has 19 heavy (non-hydrogen) atoms. The van der Waals surface area contributed by atoms with Crippen molar-refractivity contribution in [1.82, 2.24) is 0 Å². The molecular weight excluding hydrogens is 328 g/mol. The molecule has 1 spiro atoms. The largest absolute Gasteiger partial charge is 0.392 e. The Morgan fingerprint density at radius 2 is 2.05 bits per heavy atom. The Labute approximate surface area is 128 Å². The average Bonchev–Trinajstić information content (AvgIpc) is 2.94. The highest BCUT2D eigenvalue weighted by Crippen LogP contribution is 2.68. The highest BCUT2D eigenvalue weighted by Gasteiger charge is 2.74. The fraction of sp³-hybridized carbons (Fsp3) is 0.867. The number of aliphatic hydroxyl groups is 1. The molecule has 3 aliphatic rings. The molecule has 1 N–H and O–H groups in total. The number of epoxide rings is 1. The van der Waals surface area contributed by atoms with Crippen molar-refractivity contribution < 1.29 is 9.84 Å². The maximum absolute atomic E-state index is 10.8. The zero-order valence-electron chi connectivity index (χ0n) is 11.7. The van der Waals surface area contributed by atoms with E-state index in [4.69, 9.17) is 16.3 Å². The molecule has 0 aromatic carbocycles. The van der Waals surface area contributed by atoms with Gasteiger partial charge in [0, 0.05) is 10.2 Å². The van der Waals surface area contributed by atoms with Crippen molar-refractivity contribution in [2.24, 2.45) is 11.3 Å². The summed E-state index contributed by atoms with van der Waals surface area (Å²) in [6.45, 7) is 10.6. The normalized spacial score (nSPS) is 61.1. The molecule has 3 fully saturated rings. The summed E-state index contributed by atoms with van der Waals surface area (Å²) in [7, 11) is 0.